The van der Waals surface area contributed by atoms with Crippen molar-refractivity contribution in [3.63, 3.8) is 0 Å². The van der Waals surface area contributed by atoms with Crippen molar-refractivity contribution in [1.82, 2.24) is 5.32 Å². The zero-order chi connectivity index (χ0) is 22.8. The molecule has 2 aromatic rings. The minimum absolute atomic E-state index is 0.0170. The number of benzene rings is 2. The number of sulfonamides is 1. The Bertz CT molecular complexity index is 1130. The van der Waals surface area contributed by atoms with Crippen LogP contribution in [-0.2, 0) is 26.0 Å². The fraction of sp³-hybridized carbons (Fsp3) is 0.286. The molecule has 0 aliphatic carbocycles. The van der Waals surface area contributed by atoms with Crippen LogP contribution in [0.1, 0.15) is 29.8 Å². The lowest BCUT2D eigenvalue weighted by molar-refractivity contribution is -0.127. The largest absolute Gasteiger partial charge is 0.482 e. The second-order valence-electron chi connectivity index (χ2n) is 7.20. The molecule has 2 aromatic carbocycles. The monoisotopic (exact) mass is 445 g/mol. The van der Waals surface area contributed by atoms with Gasteiger partial charge >= 0.3 is 0 Å². The van der Waals surface area contributed by atoms with Gasteiger partial charge in [-0.3, -0.25) is 19.3 Å². The first-order chi connectivity index (χ1) is 14.6. The molecule has 0 radical (unpaired) electrons. The van der Waals surface area contributed by atoms with E-state index < -0.39 is 16.1 Å². The first kappa shape index (κ1) is 22.4. The average molecular weight is 445 g/mol. The van der Waals surface area contributed by atoms with Crippen LogP contribution in [-0.4, -0.2) is 45.2 Å². The second kappa shape index (κ2) is 8.86. The molecule has 0 saturated carbocycles. The summed E-state index contributed by atoms with van der Waals surface area (Å²) in [5.41, 5.74) is 1.61. The van der Waals surface area contributed by atoms with Crippen molar-refractivity contribution in [2.75, 3.05) is 18.1 Å². The van der Waals surface area contributed by atoms with Gasteiger partial charge in [-0.15, -0.1) is 0 Å². The number of ketones is 1. The molecule has 9 nitrogen and oxygen atoms in total. The molecule has 10 heteroatoms. The number of carbonyl (C=O) groups excluding carboxylic acids is 3. The van der Waals surface area contributed by atoms with E-state index in [4.69, 9.17) is 9.88 Å². The van der Waals surface area contributed by atoms with Crippen LogP contribution in [0, 0.1) is 0 Å². The Kier molecular flexibility index (Phi) is 6.42. The summed E-state index contributed by atoms with van der Waals surface area (Å²) in [5, 5.41) is 7.86. The lowest BCUT2D eigenvalue weighted by Gasteiger charge is -2.33. The van der Waals surface area contributed by atoms with E-state index in [1.165, 1.54) is 24.0 Å². The van der Waals surface area contributed by atoms with Crippen LogP contribution in [0.4, 0.5) is 5.69 Å². The van der Waals surface area contributed by atoms with E-state index in [1.54, 1.807) is 37.3 Å². The van der Waals surface area contributed by atoms with Gasteiger partial charge in [-0.1, -0.05) is 12.1 Å². The third-order valence-electron chi connectivity index (χ3n) is 4.98. The van der Waals surface area contributed by atoms with Gasteiger partial charge in [-0.05, 0) is 56.2 Å². The number of Topliss-reactive ketones (excluding diaryl/α,β-unsaturated/α-hetero) is 1. The summed E-state index contributed by atoms with van der Waals surface area (Å²) < 4.78 is 28.0. The van der Waals surface area contributed by atoms with Gasteiger partial charge in [-0.2, -0.15) is 0 Å². The third-order valence-corrected chi connectivity index (χ3v) is 5.91. The van der Waals surface area contributed by atoms with Crippen LogP contribution >= 0.6 is 0 Å². The normalized spacial score (nSPS) is 14.4. The predicted molar refractivity (Wildman–Crippen MR) is 113 cm³/mol. The van der Waals surface area contributed by atoms with Crippen molar-refractivity contribution in [1.29, 1.82) is 0 Å². The molecule has 3 rings (SSSR count). The van der Waals surface area contributed by atoms with E-state index in [-0.39, 0.29) is 35.6 Å². The molecule has 0 fully saturated rings. The Labute approximate surface area is 180 Å². The number of nitrogens with two attached hydrogens (primary N) is 1. The van der Waals surface area contributed by atoms with Gasteiger partial charge in [0, 0.05) is 12.1 Å². The van der Waals surface area contributed by atoms with E-state index in [2.05, 4.69) is 5.32 Å². The van der Waals surface area contributed by atoms with E-state index in [9.17, 15) is 22.8 Å². The number of amides is 2. The SMILES string of the molecule is CC(=O)c1ccc2c(c1)N(C(C)C(=O)NCCc1ccc(S(N)(=O)=O)cc1)C(=O)CO2. The Balaban J connectivity index is 1.67. The maximum atomic E-state index is 12.7. The summed E-state index contributed by atoms with van der Waals surface area (Å²) in [6.07, 6.45) is 0.464. The summed E-state index contributed by atoms with van der Waals surface area (Å²) >= 11 is 0. The number of nitrogens with zero attached hydrogens (tertiary/aromatic N) is 1. The van der Waals surface area contributed by atoms with Crippen LogP contribution < -0.4 is 20.1 Å². The number of hydrogen-bond acceptors (Lipinski definition) is 6. The highest BCUT2D eigenvalue weighted by atomic mass is 32.2. The summed E-state index contributed by atoms with van der Waals surface area (Å²) in [4.78, 5) is 38.2. The topological polar surface area (TPSA) is 136 Å². The molecule has 3 N–H and O–H groups in total. The summed E-state index contributed by atoms with van der Waals surface area (Å²) in [6, 6.07) is 10.0. The first-order valence-corrected chi connectivity index (χ1v) is 11.1. The number of fused-ring (bicyclic) bond motifs is 1. The Morgan fingerprint density at radius 3 is 2.48 bits per heavy atom. The molecule has 0 saturated heterocycles. The summed E-state index contributed by atoms with van der Waals surface area (Å²) in [5.74, 6) is -0.476. The summed E-state index contributed by atoms with van der Waals surface area (Å²) in [7, 11) is -3.75. The van der Waals surface area contributed by atoms with Crippen LogP contribution in [0.5, 0.6) is 5.75 Å². The summed E-state index contributed by atoms with van der Waals surface area (Å²) in [6.45, 7) is 3.12. The maximum Gasteiger partial charge on any atom is 0.265 e. The lowest BCUT2D eigenvalue weighted by Crippen LogP contribution is -2.51. The van der Waals surface area contributed by atoms with Crippen molar-refractivity contribution < 1.29 is 27.5 Å². The lowest BCUT2D eigenvalue weighted by atomic mass is 10.1. The smallest absolute Gasteiger partial charge is 0.265 e. The molecule has 31 heavy (non-hydrogen) atoms. The van der Waals surface area contributed by atoms with Gasteiger partial charge in [0.2, 0.25) is 15.9 Å². The molecule has 0 bridgehead atoms. The second-order valence-corrected chi connectivity index (χ2v) is 8.76. The van der Waals surface area contributed by atoms with E-state index >= 15 is 0 Å². The highest BCUT2D eigenvalue weighted by Crippen LogP contribution is 2.34. The molecular formula is C21H23N3O6S. The number of carbonyl (C=O) groups is 3. The standard InChI is InChI=1S/C21H23N3O6S/c1-13(21(27)23-10-9-15-3-6-17(7-4-15)31(22,28)29)24-18-11-16(14(2)25)5-8-19(18)30-12-20(24)26/h3-8,11,13H,9-10,12H2,1-2H3,(H,23,27)(H2,22,28,29). The number of rotatable bonds is 7. The van der Waals surface area contributed by atoms with Crippen molar-refractivity contribution in [3.05, 3.63) is 53.6 Å². The van der Waals surface area contributed by atoms with Crippen LogP contribution in [0.2, 0.25) is 0 Å². The molecule has 2 amide bonds. The number of ether oxygens (including phenoxy) is 1. The van der Waals surface area contributed by atoms with Gasteiger partial charge in [-0.25, -0.2) is 13.6 Å². The fourth-order valence-electron chi connectivity index (χ4n) is 3.26. The molecule has 1 aliphatic heterocycles. The average Bonchev–Trinajstić information content (AvgIpc) is 2.72. The third kappa shape index (κ3) is 5.09. The molecule has 1 heterocycles. The van der Waals surface area contributed by atoms with Gasteiger partial charge in [0.25, 0.3) is 5.91 Å². The maximum absolute atomic E-state index is 12.7. The molecular weight excluding hydrogens is 422 g/mol. The number of nitrogens with one attached hydrogen (secondary N) is 1. The van der Waals surface area contributed by atoms with E-state index in [0.29, 0.717) is 23.4 Å². The number of hydrogen-bond donors (Lipinski definition) is 2. The molecule has 0 aromatic heterocycles. The van der Waals surface area contributed by atoms with Gasteiger partial charge in [0.15, 0.2) is 12.4 Å². The zero-order valence-corrected chi connectivity index (χ0v) is 17.9. The Hall–Kier alpha value is -3.24. The predicted octanol–water partition coefficient (Wildman–Crippen LogP) is 1.01. The Morgan fingerprint density at radius 1 is 1.19 bits per heavy atom. The minimum Gasteiger partial charge on any atom is -0.482 e. The van der Waals surface area contributed by atoms with Gasteiger partial charge < -0.3 is 10.1 Å². The van der Waals surface area contributed by atoms with Crippen molar-refractivity contribution in [3.8, 4) is 5.75 Å². The Morgan fingerprint density at radius 2 is 1.87 bits per heavy atom. The number of anilines is 1. The molecule has 1 atom stereocenters. The van der Waals surface area contributed by atoms with Crippen molar-refractivity contribution in [2.24, 2.45) is 5.14 Å². The van der Waals surface area contributed by atoms with E-state index in [0.717, 1.165) is 5.56 Å². The van der Waals surface area contributed by atoms with Crippen LogP contribution in [0.15, 0.2) is 47.4 Å². The molecule has 1 unspecified atom stereocenters. The molecule has 0 spiro atoms. The van der Waals surface area contributed by atoms with Crippen molar-refractivity contribution in [2.45, 2.75) is 31.2 Å². The van der Waals surface area contributed by atoms with Crippen molar-refractivity contribution >= 4 is 33.3 Å². The quantitative estimate of drug-likeness (QED) is 0.611. The van der Waals surface area contributed by atoms with Crippen LogP contribution in [0.25, 0.3) is 0 Å². The minimum atomic E-state index is -3.75. The van der Waals surface area contributed by atoms with Crippen LogP contribution in [0.3, 0.4) is 0 Å². The highest BCUT2D eigenvalue weighted by molar-refractivity contribution is 7.89. The van der Waals surface area contributed by atoms with E-state index in [1.807, 2.05) is 0 Å². The zero-order valence-electron chi connectivity index (χ0n) is 17.1. The molecule has 1 aliphatic rings. The first-order valence-electron chi connectivity index (χ1n) is 9.57. The number of primary sulfonamides is 1. The van der Waals surface area contributed by atoms with Gasteiger partial charge in [0.1, 0.15) is 11.8 Å². The highest BCUT2D eigenvalue weighted by Gasteiger charge is 2.33. The van der Waals surface area contributed by atoms with Gasteiger partial charge in [0.05, 0.1) is 10.6 Å². The fourth-order valence-corrected chi connectivity index (χ4v) is 3.77. The molecule has 164 valence electrons.